The van der Waals surface area contributed by atoms with Gasteiger partial charge < -0.3 is 19.4 Å². The average Bonchev–Trinajstić information content (AvgIpc) is 2.96. The SMILES string of the molecule is CC[C@@H](C(=O)NC(CC(=O)OC(C)(C)COC(F)(F)F)C(=O)COc1c(F)c(F)cc(F)c1F)n1ccc2ccc(Cl)cc2c1=O. The van der Waals surface area contributed by atoms with E-state index in [1.807, 2.05) is 0 Å². The minimum atomic E-state index is -5.06. The number of hydrogen-bond donors (Lipinski definition) is 1. The largest absolute Gasteiger partial charge is 0.522 e. The molecule has 0 aliphatic rings. The van der Waals surface area contributed by atoms with Crippen LogP contribution in [0.1, 0.15) is 39.7 Å². The van der Waals surface area contributed by atoms with Gasteiger partial charge in [-0.15, -0.1) is 13.2 Å². The molecule has 9 nitrogen and oxygen atoms in total. The van der Waals surface area contributed by atoms with Crippen LogP contribution in [0.15, 0.2) is 41.3 Å². The number of aromatic nitrogens is 1. The highest BCUT2D eigenvalue weighted by Crippen LogP contribution is 2.27. The summed E-state index contributed by atoms with van der Waals surface area (Å²) in [7, 11) is 0. The van der Waals surface area contributed by atoms with Crippen LogP contribution in [0.2, 0.25) is 5.02 Å². The number of halogens is 8. The number of alkyl halides is 3. The number of benzene rings is 2. The lowest BCUT2D eigenvalue weighted by molar-refractivity contribution is -0.336. The number of carbonyl (C=O) groups excluding carboxylic acids is 3. The number of pyridine rings is 1. The number of nitrogens with one attached hydrogen (secondary N) is 1. The lowest BCUT2D eigenvalue weighted by atomic mass is 10.1. The van der Waals surface area contributed by atoms with Crippen LogP contribution in [0.4, 0.5) is 30.7 Å². The molecule has 46 heavy (non-hydrogen) atoms. The summed E-state index contributed by atoms with van der Waals surface area (Å²) in [5, 5.41) is 3.10. The number of ether oxygens (including phenoxy) is 3. The van der Waals surface area contributed by atoms with Crippen LogP contribution in [0.3, 0.4) is 0 Å². The van der Waals surface area contributed by atoms with Crippen molar-refractivity contribution in [3.63, 3.8) is 0 Å². The fourth-order valence-corrected chi connectivity index (χ4v) is 4.39. The van der Waals surface area contributed by atoms with Crippen LogP contribution in [-0.2, 0) is 23.9 Å². The van der Waals surface area contributed by atoms with Gasteiger partial charge in [-0.1, -0.05) is 24.6 Å². The van der Waals surface area contributed by atoms with Gasteiger partial charge in [0.2, 0.25) is 17.5 Å². The molecule has 1 aromatic heterocycles. The summed E-state index contributed by atoms with van der Waals surface area (Å²) in [6.07, 6.45) is -4.85. The quantitative estimate of drug-likeness (QED) is 0.143. The first-order valence-electron chi connectivity index (χ1n) is 13.3. The van der Waals surface area contributed by atoms with E-state index < -0.39 is 95.9 Å². The number of rotatable bonds is 13. The van der Waals surface area contributed by atoms with Gasteiger partial charge in [0.25, 0.3) is 5.56 Å². The molecule has 0 saturated heterocycles. The summed E-state index contributed by atoms with van der Waals surface area (Å²) in [5.74, 6) is -12.8. The third-order valence-electron chi connectivity index (χ3n) is 6.40. The van der Waals surface area contributed by atoms with E-state index in [4.69, 9.17) is 16.3 Å². The Morgan fingerprint density at radius 1 is 1.00 bits per heavy atom. The Hall–Kier alpha value is -4.18. The molecule has 0 saturated carbocycles. The third-order valence-corrected chi connectivity index (χ3v) is 6.63. The third kappa shape index (κ3) is 9.19. The Bertz CT molecular complexity index is 1670. The Kier molecular flexibility index (Phi) is 11.4. The van der Waals surface area contributed by atoms with Gasteiger partial charge in [-0.3, -0.25) is 23.9 Å². The molecular weight excluding hydrogens is 657 g/mol. The van der Waals surface area contributed by atoms with Gasteiger partial charge in [0.15, 0.2) is 23.2 Å². The first-order valence-corrected chi connectivity index (χ1v) is 13.7. The van der Waals surface area contributed by atoms with Crippen molar-refractivity contribution in [3.05, 3.63) is 75.2 Å². The Balaban J connectivity index is 1.89. The van der Waals surface area contributed by atoms with E-state index in [1.165, 1.54) is 25.3 Å². The van der Waals surface area contributed by atoms with Gasteiger partial charge in [0, 0.05) is 22.7 Å². The number of esters is 1. The van der Waals surface area contributed by atoms with E-state index in [1.54, 1.807) is 12.1 Å². The highest BCUT2D eigenvalue weighted by molar-refractivity contribution is 6.31. The van der Waals surface area contributed by atoms with Crippen molar-refractivity contribution in [2.45, 2.75) is 57.7 Å². The van der Waals surface area contributed by atoms with Crippen LogP contribution in [0, 0.1) is 23.3 Å². The summed E-state index contributed by atoms with van der Waals surface area (Å²) in [6.45, 7) is 1.14. The zero-order valence-corrected chi connectivity index (χ0v) is 25.0. The molecule has 1 heterocycles. The highest BCUT2D eigenvalue weighted by atomic mass is 35.5. The lowest BCUT2D eigenvalue weighted by Gasteiger charge is -2.27. The highest BCUT2D eigenvalue weighted by Gasteiger charge is 2.36. The zero-order valence-electron chi connectivity index (χ0n) is 24.3. The summed E-state index contributed by atoms with van der Waals surface area (Å²) < 4.78 is 107. The number of nitrogens with zero attached hydrogens (tertiary/aromatic N) is 1. The van der Waals surface area contributed by atoms with Crippen LogP contribution in [0.5, 0.6) is 5.75 Å². The smallest absolute Gasteiger partial charge is 0.479 e. The van der Waals surface area contributed by atoms with Crippen molar-refractivity contribution in [3.8, 4) is 5.75 Å². The molecule has 1 N–H and O–H groups in total. The molecule has 1 amide bonds. The number of ketones is 1. The molecule has 250 valence electrons. The topological polar surface area (TPSA) is 113 Å². The normalized spacial score (nSPS) is 13.3. The fraction of sp³-hybridized carbons (Fsp3) is 0.379. The van der Waals surface area contributed by atoms with Crippen LogP contribution >= 0.6 is 11.6 Å². The van der Waals surface area contributed by atoms with Gasteiger partial charge in [-0.05, 0) is 43.9 Å². The molecular formula is C29H26ClF7N2O7. The minimum absolute atomic E-state index is 0.0412. The van der Waals surface area contributed by atoms with Gasteiger partial charge in [-0.25, -0.2) is 8.78 Å². The molecule has 0 spiro atoms. The Labute approximate surface area is 261 Å². The van der Waals surface area contributed by atoms with Crippen molar-refractivity contribution in [1.29, 1.82) is 0 Å². The Morgan fingerprint density at radius 2 is 1.63 bits per heavy atom. The first kappa shape index (κ1) is 36.3. The zero-order chi connectivity index (χ0) is 34.6. The summed E-state index contributed by atoms with van der Waals surface area (Å²) in [6, 6.07) is 2.68. The molecule has 0 aliphatic heterocycles. The number of amides is 1. The maximum Gasteiger partial charge on any atom is 0.522 e. The second-order valence-corrected chi connectivity index (χ2v) is 10.9. The second-order valence-electron chi connectivity index (χ2n) is 10.5. The molecule has 0 bridgehead atoms. The Morgan fingerprint density at radius 3 is 2.22 bits per heavy atom. The van der Waals surface area contributed by atoms with Crippen molar-refractivity contribution < 1.29 is 59.3 Å². The molecule has 0 fully saturated rings. The molecule has 2 atom stereocenters. The van der Waals surface area contributed by atoms with E-state index in [2.05, 4.69) is 14.8 Å². The fourth-order valence-electron chi connectivity index (χ4n) is 4.22. The van der Waals surface area contributed by atoms with Gasteiger partial charge >= 0.3 is 12.3 Å². The van der Waals surface area contributed by atoms with Crippen LogP contribution in [-0.4, -0.2) is 53.4 Å². The maximum absolute atomic E-state index is 14.1. The molecule has 17 heteroatoms. The van der Waals surface area contributed by atoms with Gasteiger partial charge in [0.05, 0.1) is 13.0 Å². The minimum Gasteiger partial charge on any atom is -0.479 e. The molecule has 0 radical (unpaired) electrons. The standard InChI is InChI=1S/C29H26ClF7N2O7/c1-4-20(39-8-7-14-5-6-15(30)9-16(14)27(39)43)26(42)38-19(11-22(41)46-28(2,3)13-45-29(35,36)37)21(40)12-44-25-23(33)17(31)10-18(32)24(25)34/h5-10,19-20H,4,11-13H2,1-3H3,(H,38,42)/t19?,20-/m0/s1. The summed E-state index contributed by atoms with van der Waals surface area (Å²) in [4.78, 5) is 52.4. The lowest BCUT2D eigenvalue weighted by Crippen LogP contribution is -2.48. The predicted octanol–water partition coefficient (Wildman–Crippen LogP) is 5.54. The van der Waals surface area contributed by atoms with E-state index >= 15 is 0 Å². The van der Waals surface area contributed by atoms with Crippen LogP contribution in [0.25, 0.3) is 10.8 Å². The van der Waals surface area contributed by atoms with E-state index in [9.17, 15) is 49.9 Å². The van der Waals surface area contributed by atoms with Crippen molar-refractivity contribution in [2.24, 2.45) is 0 Å². The number of hydrogen-bond acceptors (Lipinski definition) is 7. The summed E-state index contributed by atoms with van der Waals surface area (Å²) in [5.41, 5.74) is -2.53. The van der Waals surface area contributed by atoms with Gasteiger partial charge in [-0.2, -0.15) is 8.78 Å². The average molecular weight is 683 g/mol. The first-order chi connectivity index (χ1) is 21.3. The second kappa shape index (κ2) is 14.5. The number of Topliss-reactive ketones (excluding diaryl/α,β-unsaturated/α-hetero) is 1. The van der Waals surface area contributed by atoms with E-state index in [0.29, 0.717) is 5.39 Å². The molecule has 0 aliphatic carbocycles. The monoisotopic (exact) mass is 682 g/mol. The van der Waals surface area contributed by atoms with E-state index in [0.717, 1.165) is 18.4 Å². The molecule has 3 aromatic rings. The molecule has 1 unspecified atom stereocenters. The number of carbonyl (C=O) groups is 3. The summed E-state index contributed by atoms with van der Waals surface area (Å²) >= 11 is 6.00. The van der Waals surface area contributed by atoms with Crippen molar-refractivity contribution >= 4 is 40.0 Å². The molecule has 2 aromatic carbocycles. The van der Waals surface area contributed by atoms with Crippen LogP contribution < -0.4 is 15.6 Å². The number of fused-ring (bicyclic) bond motifs is 1. The molecule has 3 rings (SSSR count). The van der Waals surface area contributed by atoms with Crippen molar-refractivity contribution in [2.75, 3.05) is 13.2 Å². The maximum atomic E-state index is 14.1. The van der Waals surface area contributed by atoms with Crippen molar-refractivity contribution in [1.82, 2.24) is 9.88 Å². The van der Waals surface area contributed by atoms with E-state index in [-0.39, 0.29) is 22.9 Å². The van der Waals surface area contributed by atoms with Gasteiger partial charge in [0.1, 0.15) is 24.3 Å². The predicted molar refractivity (Wildman–Crippen MR) is 148 cm³/mol.